The molecule has 1 heterocycles. The van der Waals surface area contributed by atoms with Gasteiger partial charge in [0, 0.05) is 14.1 Å². The number of carbonyl (C=O) groups excluding carboxylic acids is 1. The SMILES string of the molecule is CN(C)c1ccccc1NC(=O)CSc1nncs1. The number of nitrogens with zero attached hydrogens (tertiary/aromatic N) is 3. The van der Waals surface area contributed by atoms with Crippen LogP contribution in [0, 0.1) is 0 Å². The Morgan fingerprint density at radius 1 is 1.42 bits per heavy atom. The molecule has 2 aromatic rings. The molecule has 0 atom stereocenters. The van der Waals surface area contributed by atoms with Gasteiger partial charge >= 0.3 is 0 Å². The van der Waals surface area contributed by atoms with Crippen LogP contribution in [0.4, 0.5) is 11.4 Å². The van der Waals surface area contributed by atoms with E-state index in [0.29, 0.717) is 5.75 Å². The summed E-state index contributed by atoms with van der Waals surface area (Å²) >= 11 is 2.82. The van der Waals surface area contributed by atoms with Crippen molar-refractivity contribution < 1.29 is 4.79 Å². The zero-order chi connectivity index (χ0) is 13.7. The zero-order valence-electron chi connectivity index (χ0n) is 10.7. The minimum Gasteiger partial charge on any atom is -0.376 e. The molecule has 19 heavy (non-hydrogen) atoms. The van der Waals surface area contributed by atoms with E-state index < -0.39 is 0 Å². The van der Waals surface area contributed by atoms with Gasteiger partial charge in [-0.3, -0.25) is 4.79 Å². The van der Waals surface area contributed by atoms with Crippen LogP contribution in [0.3, 0.4) is 0 Å². The maximum absolute atomic E-state index is 11.9. The molecule has 5 nitrogen and oxygen atoms in total. The third kappa shape index (κ3) is 3.93. The van der Waals surface area contributed by atoms with Gasteiger partial charge in [0.1, 0.15) is 5.51 Å². The van der Waals surface area contributed by atoms with Crippen molar-refractivity contribution in [1.82, 2.24) is 10.2 Å². The average Bonchev–Trinajstić information content (AvgIpc) is 2.90. The molecule has 100 valence electrons. The van der Waals surface area contributed by atoms with Gasteiger partial charge in [0.05, 0.1) is 17.1 Å². The maximum atomic E-state index is 11.9. The molecule has 1 aromatic heterocycles. The van der Waals surface area contributed by atoms with Crippen molar-refractivity contribution in [2.24, 2.45) is 0 Å². The Morgan fingerprint density at radius 3 is 2.89 bits per heavy atom. The number of rotatable bonds is 5. The smallest absolute Gasteiger partial charge is 0.234 e. The molecule has 0 aliphatic rings. The number of benzene rings is 1. The normalized spacial score (nSPS) is 10.2. The summed E-state index contributed by atoms with van der Waals surface area (Å²) in [5.41, 5.74) is 3.45. The molecule has 2 rings (SSSR count). The summed E-state index contributed by atoms with van der Waals surface area (Å²) in [6.45, 7) is 0. The summed E-state index contributed by atoms with van der Waals surface area (Å²) in [6, 6.07) is 7.71. The summed E-state index contributed by atoms with van der Waals surface area (Å²) in [6.07, 6.45) is 0. The molecular formula is C12H14N4OS2. The number of para-hydroxylation sites is 2. The first-order chi connectivity index (χ1) is 9.16. The topological polar surface area (TPSA) is 58.1 Å². The summed E-state index contributed by atoms with van der Waals surface area (Å²) in [4.78, 5) is 13.9. The lowest BCUT2D eigenvalue weighted by Crippen LogP contribution is -2.17. The Kier molecular flexibility index (Phi) is 4.75. The highest BCUT2D eigenvalue weighted by atomic mass is 32.2. The van der Waals surface area contributed by atoms with Crippen molar-refractivity contribution in [3.05, 3.63) is 29.8 Å². The Morgan fingerprint density at radius 2 is 2.21 bits per heavy atom. The second kappa shape index (κ2) is 6.53. The second-order valence-electron chi connectivity index (χ2n) is 3.95. The quantitative estimate of drug-likeness (QED) is 0.858. The van der Waals surface area contributed by atoms with E-state index in [1.165, 1.54) is 23.1 Å². The summed E-state index contributed by atoms with van der Waals surface area (Å²) in [7, 11) is 3.89. The first-order valence-corrected chi connectivity index (χ1v) is 7.48. The summed E-state index contributed by atoms with van der Waals surface area (Å²) in [5, 5.41) is 10.5. The predicted octanol–water partition coefficient (Wildman–Crippen LogP) is 2.33. The van der Waals surface area contributed by atoms with Crippen LogP contribution in [-0.2, 0) is 4.79 Å². The third-order valence-corrected chi connectivity index (χ3v) is 4.19. The lowest BCUT2D eigenvalue weighted by Gasteiger charge is -2.17. The van der Waals surface area contributed by atoms with Gasteiger partial charge in [-0.05, 0) is 12.1 Å². The Balaban J connectivity index is 1.95. The van der Waals surface area contributed by atoms with Crippen molar-refractivity contribution in [2.45, 2.75) is 4.34 Å². The van der Waals surface area contributed by atoms with Gasteiger partial charge in [-0.1, -0.05) is 35.2 Å². The Bertz CT molecular complexity index is 542. The van der Waals surface area contributed by atoms with Gasteiger partial charge in [-0.2, -0.15) is 0 Å². The largest absolute Gasteiger partial charge is 0.376 e. The molecule has 0 radical (unpaired) electrons. The van der Waals surface area contributed by atoms with Crippen LogP contribution in [-0.4, -0.2) is 36.0 Å². The molecule has 0 bridgehead atoms. The van der Waals surface area contributed by atoms with E-state index >= 15 is 0 Å². The number of hydrogen-bond acceptors (Lipinski definition) is 6. The standard InChI is InChI=1S/C12H14N4OS2/c1-16(2)10-6-4-3-5-9(10)14-11(17)7-18-12-15-13-8-19-12/h3-6,8H,7H2,1-2H3,(H,14,17). The van der Waals surface area contributed by atoms with E-state index in [1.54, 1.807) is 5.51 Å². The van der Waals surface area contributed by atoms with Crippen molar-refractivity contribution in [3.63, 3.8) is 0 Å². The maximum Gasteiger partial charge on any atom is 0.234 e. The molecule has 0 fully saturated rings. The molecule has 7 heteroatoms. The lowest BCUT2D eigenvalue weighted by molar-refractivity contribution is -0.113. The monoisotopic (exact) mass is 294 g/mol. The molecule has 0 aliphatic carbocycles. The number of carbonyl (C=O) groups is 1. The second-order valence-corrected chi connectivity index (χ2v) is 6.01. The first-order valence-electron chi connectivity index (χ1n) is 5.62. The fourth-order valence-corrected chi connectivity index (χ4v) is 2.80. The van der Waals surface area contributed by atoms with Gasteiger partial charge in [0.25, 0.3) is 0 Å². The first kappa shape index (κ1) is 13.8. The van der Waals surface area contributed by atoms with Crippen LogP contribution in [0.15, 0.2) is 34.1 Å². The molecule has 0 saturated carbocycles. The summed E-state index contributed by atoms with van der Waals surface area (Å²) < 4.78 is 0.802. The molecule has 1 aromatic carbocycles. The summed E-state index contributed by atoms with van der Waals surface area (Å²) in [5.74, 6) is 0.284. The van der Waals surface area contributed by atoms with Crippen LogP contribution in [0.1, 0.15) is 0 Å². The van der Waals surface area contributed by atoms with E-state index in [1.807, 2.05) is 43.3 Å². The van der Waals surface area contributed by atoms with Crippen LogP contribution < -0.4 is 10.2 Å². The van der Waals surface area contributed by atoms with Gasteiger partial charge < -0.3 is 10.2 Å². The molecule has 0 unspecified atom stereocenters. The molecule has 0 aliphatic heterocycles. The minimum atomic E-state index is -0.0468. The molecule has 1 N–H and O–H groups in total. The number of anilines is 2. The fraction of sp³-hybridized carbons (Fsp3) is 0.250. The highest BCUT2D eigenvalue weighted by Gasteiger charge is 2.09. The van der Waals surface area contributed by atoms with Gasteiger partial charge in [-0.15, -0.1) is 10.2 Å². The van der Waals surface area contributed by atoms with Gasteiger partial charge in [0.15, 0.2) is 4.34 Å². The van der Waals surface area contributed by atoms with E-state index in [4.69, 9.17) is 0 Å². The van der Waals surface area contributed by atoms with Crippen LogP contribution in [0.25, 0.3) is 0 Å². The highest BCUT2D eigenvalue weighted by Crippen LogP contribution is 2.24. The number of thioether (sulfide) groups is 1. The minimum absolute atomic E-state index is 0.0468. The number of hydrogen-bond donors (Lipinski definition) is 1. The fourth-order valence-electron chi connectivity index (χ4n) is 1.51. The van der Waals surface area contributed by atoms with E-state index in [-0.39, 0.29) is 5.91 Å². The van der Waals surface area contributed by atoms with Gasteiger partial charge in [0.2, 0.25) is 5.91 Å². The Hall–Kier alpha value is -1.60. The van der Waals surface area contributed by atoms with E-state index in [9.17, 15) is 4.79 Å². The molecular weight excluding hydrogens is 280 g/mol. The molecule has 0 saturated heterocycles. The lowest BCUT2D eigenvalue weighted by atomic mass is 10.2. The predicted molar refractivity (Wildman–Crippen MR) is 80.0 cm³/mol. The van der Waals surface area contributed by atoms with Crippen molar-refractivity contribution >= 4 is 40.4 Å². The van der Waals surface area contributed by atoms with Crippen LogP contribution in [0.2, 0.25) is 0 Å². The van der Waals surface area contributed by atoms with Crippen molar-refractivity contribution in [2.75, 3.05) is 30.1 Å². The van der Waals surface area contributed by atoms with Crippen molar-refractivity contribution in [1.29, 1.82) is 0 Å². The number of amides is 1. The Labute approximate surface area is 120 Å². The molecule has 0 spiro atoms. The third-order valence-electron chi connectivity index (χ3n) is 2.33. The highest BCUT2D eigenvalue weighted by molar-refractivity contribution is 8.01. The number of nitrogens with one attached hydrogen (secondary N) is 1. The van der Waals surface area contributed by atoms with Gasteiger partial charge in [-0.25, -0.2) is 0 Å². The van der Waals surface area contributed by atoms with E-state index in [2.05, 4.69) is 15.5 Å². The zero-order valence-corrected chi connectivity index (χ0v) is 12.3. The van der Waals surface area contributed by atoms with Crippen molar-refractivity contribution in [3.8, 4) is 0 Å². The van der Waals surface area contributed by atoms with Crippen LogP contribution >= 0.6 is 23.1 Å². The number of aromatic nitrogens is 2. The average molecular weight is 294 g/mol. The molecule has 1 amide bonds. The van der Waals surface area contributed by atoms with E-state index in [0.717, 1.165) is 15.7 Å². The van der Waals surface area contributed by atoms with Crippen LogP contribution in [0.5, 0.6) is 0 Å².